The number of hydrogen-bond acceptors (Lipinski definition) is 1. The van der Waals surface area contributed by atoms with Gasteiger partial charge in [-0.2, -0.15) is 0 Å². The molecule has 0 heterocycles. The van der Waals surface area contributed by atoms with Crippen molar-refractivity contribution in [3.8, 4) is 0 Å². The molecular weight excluding hydrogens is 210 g/mol. The Morgan fingerprint density at radius 3 is 2.59 bits per heavy atom. The smallest absolute Gasteiger partial charge is 0.220 e. The van der Waals surface area contributed by atoms with Crippen molar-refractivity contribution < 1.29 is 4.79 Å². The SMILES string of the molecule is Cc1ccc(CNC(=O)CCC(C)C)c(C)c1. The minimum atomic E-state index is 0.152. The molecule has 0 bridgehead atoms. The van der Waals surface area contributed by atoms with Gasteiger partial charge in [0.2, 0.25) is 5.91 Å². The molecule has 1 rings (SSSR count). The highest BCUT2D eigenvalue weighted by Gasteiger charge is 2.04. The summed E-state index contributed by atoms with van der Waals surface area (Å²) < 4.78 is 0. The lowest BCUT2D eigenvalue weighted by molar-refractivity contribution is -0.121. The Hall–Kier alpha value is -1.31. The van der Waals surface area contributed by atoms with Crippen LogP contribution >= 0.6 is 0 Å². The van der Waals surface area contributed by atoms with Crippen LogP contribution in [0.3, 0.4) is 0 Å². The lowest BCUT2D eigenvalue weighted by Gasteiger charge is -2.09. The third kappa shape index (κ3) is 5.03. The van der Waals surface area contributed by atoms with Gasteiger partial charge in [-0.15, -0.1) is 0 Å². The second-order valence-electron chi connectivity index (χ2n) is 5.14. The van der Waals surface area contributed by atoms with Crippen LogP contribution < -0.4 is 5.32 Å². The van der Waals surface area contributed by atoms with E-state index in [1.54, 1.807) is 0 Å². The van der Waals surface area contributed by atoms with Gasteiger partial charge in [0.15, 0.2) is 0 Å². The van der Waals surface area contributed by atoms with Crippen molar-refractivity contribution in [1.29, 1.82) is 0 Å². The fraction of sp³-hybridized carbons (Fsp3) is 0.533. The third-order valence-corrected chi connectivity index (χ3v) is 2.92. The maximum absolute atomic E-state index is 11.6. The number of carbonyl (C=O) groups is 1. The van der Waals surface area contributed by atoms with E-state index in [4.69, 9.17) is 0 Å². The van der Waals surface area contributed by atoms with Gasteiger partial charge < -0.3 is 5.32 Å². The van der Waals surface area contributed by atoms with E-state index >= 15 is 0 Å². The Kier molecular flexibility index (Phi) is 5.20. The predicted molar refractivity (Wildman–Crippen MR) is 71.8 cm³/mol. The summed E-state index contributed by atoms with van der Waals surface area (Å²) in [6, 6.07) is 6.33. The standard InChI is InChI=1S/C15H23NO/c1-11(2)5-8-15(17)16-10-14-7-6-12(3)9-13(14)4/h6-7,9,11H,5,8,10H2,1-4H3,(H,16,17). The molecule has 94 valence electrons. The Balaban J connectivity index is 2.42. The molecule has 0 fully saturated rings. The molecule has 0 saturated carbocycles. The molecule has 2 nitrogen and oxygen atoms in total. The molecular formula is C15H23NO. The number of amides is 1. The Labute approximate surface area is 104 Å². The first-order valence-electron chi connectivity index (χ1n) is 6.32. The van der Waals surface area contributed by atoms with Gasteiger partial charge in [0.25, 0.3) is 0 Å². The summed E-state index contributed by atoms with van der Waals surface area (Å²) in [6.45, 7) is 9.08. The van der Waals surface area contributed by atoms with Crippen LogP contribution in [0.25, 0.3) is 0 Å². The van der Waals surface area contributed by atoms with Crippen LogP contribution in [0.15, 0.2) is 18.2 Å². The van der Waals surface area contributed by atoms with Gasteiger partial charge in [0.1, 0.15) is 0 Å². The maximum Gasteiger partial charge on any atom is 0.220 e. The van der Waals surface area contributed by atoms with Crippen LogP contribution in [0.1, 0.15) is 43.4 Å². The minimum absolute atomic E-state index is 0.152. The number of hydrogen-bond donors (Lipinski definition) is 1. The predicted octanol–water partition coefficient (Wildman–Crippen LogP) is 3.36. The molecule has 0 radical (unpaired) electrons. The molecule has 0 aliphatic heterocycles. The van der Waals surface area contributed by atoms with Gasteiger partial charge in [-0.05, 0) is 37.3 Å². The van der Waals surface area contributed by atoms with Crippen molar-refractivity contribution in [2.75, 3.05) is 0 Å². The van der Waals surface area contributed by atoms with E-state index in [9.17, 15) is 4.79 Å². The number of aryl methyl sites for hydroxylation is 2. The summed E-state index contributed by atoms with van der Waals surface area (Å²) in [7, 11) is 0. The zero-order chi connectivity index (χ0) is 12.8. The van der Waals surface area contributed by atoms with E-state index in [1.807, 2.05) is 0 Å². The monoisotopic (exact) mass is 233 g/mol. The highest BCUT2D eigenvalue weighted by Crippen LogP contribution is 2.10. The van der Waals surface area contributed by atoms with Crippen LogP contribution in [-0.4, -0.2) is 5.91 Å². The third-order valence-electron chi connectivity index (χ3n) is 2.92. The second-order valence-corrected chi connectivity index (χ2v) is 5.14. The van der Waals surface area contributed by atoms with Crippen LogP contribution in [0, 0.1) is 19.8 Å². The molecule has 1 aromatic carbocycles. The number of carbonyl (C=O) groups excluding carboxylic acids is 1. The lowest BCUT2D eigenvalue weighted by Crippen LogP contribution is -2.23. The average Bonchev–Trinajstić information content (AvgIpc) is 2.25. The summed E-state index contributed by atoms with van der Waals surface area (Å²) in [5.74, 6) is 0.737. The molecule has 1 N–H and O–H groups in total. The van der Waals surface area contributed by atoms with Crippen molar-refractivity contribution >= 4 is 5.91 Å². The van der Waals surface area contributed by atoms with E-state index in [0.29, 0.717) is 18.9 Å². The first-order chi connectivity index (χ1) is 7.99. The summed E-state index contributed by atoms with van der Waals surface area (Å²) in [5, 5.41) is 2.98. The fourth-order valence-corrected chi connectivity index (χ4v) is 1.75. The Morgan fingerprint density at radius 1 is 1.29 bits per heavy atom. The van der Waals surface area contributed by atoms with Gasteiger partial charge >= 0.3 is 0 Å². The van der Waals surface area contributed by atoms with E-state index in [2.05, 4.69) is 51.2 Å². The topological polar surface area (TPSA) is 29.1 Å². The zero-order valence-electron chi connectivity index (χ0n) is 11.3. The summed E-state index contributed by atoms with van der Waals surface area (Å²) in [6.07, 6.45) is 1.58. The summed E-state index contributed by atoms with van der Waals surface area (Å²) >= 11 is 0. The average molecular weight is 233 g/mol. The van der Waals surface area contributed by atoms with Crippen LogP contribution in [0.4, 0.5) is 0 Å². The van der Waals surface area contributed by atoms with Crippen LogP contribution in [0.5, 0.6) is 0 Å². The molecule has 0 atom stereocenters. The van der Waals surface area contributed by atoms with E-state index in [-0.39, 0.29) is 5.91 Å². The Morgan fingerprint density at radius 2 is 2.00 bits per heavy atom. The first-order valence-corrected chi connectivity index (χ1v) is 6.32. The van der Waals surface area contributed by atoms with Crippen molar-refractivity contribution in [2.24, 2.45) is 5.92 Å². The lowest BCUT2D eigenvalue weighted by atomic mass is 10.1. The summed E-state index contributed by atoms with van der Waals surface area (Å²) in [4.78, 5) is 11.6. The number of benzene rings is 1. The first kappa shape index (κ1) is 13.8. The Bertz CT molecular complexity index is 383. The minimum Gasteiger partial charge on any atom is -0.352 e. The van der Waals surface area contributed by atoms with Gasteiger partial charge in [0, 0.05) is 13.0 Å². The van der Waals surface area contributed by atoms with Crippen LogP contribution in [-0.2, 0) is 11.3 Å². The van der Waals surface area contributed by atoms with Crippen molar-refractivity contribution in [1.82, 2.24) is 5.32 Å². The molecule has 0 aliphatic carbocycles. The molecule has 17 heavy (non-hydrogen) atoms. The molecule has 1 amide bonds. The van der Waals surface area contributed by atoms with Gasteiger partial charge in [0.05, 0.1) is 0 Å². The second kappa shape index (κ2) is 6.43. The molecule has 0 saturated heterocycles. The van der Waals surface area contributed by atoms with Crippen molar-refractivity contribution in [3.63, 3.8) is 0 Å². The zero-order valence-corrected chi connectivity index (χ0v) is 11.3. The molecule has 0 aromatic heterocycles. The fourth-order valence-electron chi connectivity index (χ4n) is 1.75. The molecule has 2 heteroatoms. The normalized spacial score (nSPS) is 10.6. The highest BCUT2D eigenvalue weighted by molar-refractivity contribution is 5.75. The largest absolute Gasteiger partial charge is 0.352 e. The number of rotatable bonds is 5. The van der Waals surface area contributed by atoms with Gasteiger partial charge in [-0.1, -0.05) is 37.6 Å². The molecule has 1 aromatic rings. The molecule has 0 spiro atoms. The van der Waals surface area contributed by atoms with Crippen molar-refractivity contribution in [2.45, 2.75) is 47.1 Å². The van der Waals surface area contributed by atoms with E-state index < -0.39 is 0 Å². The van der Waals surface area contributed by atoms with Gasteiger partial charge in [-0.25, -0.2) is 0 Å². The van der Waals surface area contributed by atoms with Gasteiger partial charge in [-0.3, -0.25) is 4.79 Å². The molecule has 0 aliphatic rings. The van der Waals surface area contributed by atoms with E-state index in [1.165, 1.54) is 16.7 Å². The van der Waals surface area contributed by atoms with E-state index in [0.717, 1.165) is 6.42 Å². The van der Waals surface area contributed by atoms with Crippen molar-refractivity contribution in [3.05, 3.63) is 34.9 Å². The molecule has 0 unspecified atom stereocenters. The summed E-state index contributed by atoms with van der Waals surface area (Å²) in [5.41, 5.74) is 3.71. The highest BCUT2D eigenvalue weighted by atomic mass is 16.1. The maximum atomic E-state index is 11.6. The number of nitrogens with one attached hydrogen (secondary N) is 1. The van der Waals surface area contributed by atoms with Crippen LogP contribution in [0.2, 0.25) is 0 Å². The quantitative estimate of drug-likeness (QED) is 0.830.